The second-order valence-electron chi connectivity index (χ2n) is 4.59. The lowest BCUT2D eigenvalue weighted by molar-refractivity contribution is -0.138. The summed E-state index contributed by atoms with van der Waals surface area (Å²) in [5, 5.41) is 3.19. The molecular weight excluding hydrogens is 298 g/mol. The number of alkyl halides is 1. The molecule has 2 N–H and O–H groups in total. The van der Waals surface area contributed by atoms with Gasteiger partial charge in [0.05, 0.1) is 7.11 Å². The summed E-state index contributed by atoms with van der Waals surface area (Å²) in [4.78, 5) is 35.5. The normalized spacial score (nSPS) is 21.2. The molecule has 0 aliphatic carbocycles. The molecule has 0 saturated carbocycles. The van der Waals surface area contributed by atoms with Crippen LogP contribution >= 0.6 is 11.6 Å². The van der Waals surface area contributed by atoms with E-state index in [1.807, 2.05) is 0 Å². The number of benzene rings is 1. The Labute approximate surface area is 126 Å². The Kier molecular flexibility index (Phi) is 4.04. The lowest BCUT2D eigenvalue weighted by Crippen LogP contribution is -2.48. The SMILES string of the molecule is COc1ccc([C@]2(C)NC(=O)N(NC(=O)CCl)C2=O)cc1. The van der Waals surface area contributed by atoms with Gasteiger partial charge in [-0.25, -0.2) is 4.79 Å². The topological polar surface area (TPSA) is 87.7 Å². The number of nitrogens with one attached hydrogen (secondary N) is 2. The summed E-state index contributed by atoms with van der Waals surface area (Å²) < 4.78 is 5.05. The highest BCUT2D eigenvalue weighted by atomic mass is 35.5. The smallest absolute Gasteiger partial charge is 0.344 e. The van der Waals surface area contributed by atoms with E-state index in [1.165, 1.54) is 7.11 Å². The summed E-state index contributed by atoms with van der Waals surface area (Å²) in [5.41, 5.74) is 1.46. The molecule has 4 amide bonds. The number of rotatable bonds is 4. The third-order valence-corrected chi connectivity index (χ3v) is 3.46. The quantitative estimate of drug-likeness (QED) is 0.634. The number of imide groups is 1. The highest BCUT2D eigenvalue weighted by Gasteiger charge is 2.49. The van der Waals surface area contributed by atoms with Gasteiger partial charge in [0, 0.05) is 0 Å². The first kappa shape index (κ1) is 15.1. The molecule has 0 aromatic heterocycles. The van der Waals surface area contributed by atoms with Crippen LogP contribution in [-0.2, 0) is 15.1 Å². The fourth-order valence-corrected chi connectivity index (χ4v) is 2.07. The van der Waals surface area contributed by atoms with E-state index in [2.05, 4.69) is 10.7 Å². The molecular formula is C13H14ClN3O4. The third-order valence-electron chi connectivity index (χ3n) is 3.22. The average molecular weight is 312 g/mol. The second kappa shape index (κ2) is 5.61. The van der Waals surface area contributed by atoms with E-state index in [1.54, 1.807) is 31.2 Å². The van der Waals surface area contributed by atoms with Crippen LogP contribution in [0.25, 0.3) is 0 Å². The van der Waals surface area contributed by atoms with Crippen molar-refractivity contribution >= 4 is 29.4 Å². The van der Waals surface area contributed by atoms with Crippen molar-refractivity contribution in [2.24, 2.45) is 0 Å². The standard InChI is InChI=1S/C13H14ClN3O4/c1-13(8-3-5-9(21-2)6-4-8)11(19)17(12(20)15-13)16-10(18)7-14/h3-6H,7H2,1-2H3,(H,15,20)(H,16,18)/t13-/m0/s1. The zero-order valence-corrected chi connectivity index (χ0v) is 12.2. The number of hydrogen-bond donors (Lipinski definition) is 2. The first-order chi connectivity index (χ1) is 9.92. The molecule has 1 aromatic carbocycles. The zero-order chi connectivity index (χ0) is 15.6. The molecule has 1 aromatic rings. The largest absolute Gasteiger partial charge is 0.497 e. The lowest BCUT2D eigenvalue weighted by atomic mass is 9.92. The molecule has 8 heteroatoms. The predicted molar refractivity (Wildman–Crippen MR) is 74.6 cm³/mol. The highest BCUT2D eigenvalue weighted by molar-refractivity contribution is 6.27. The maximum atomic E-state index is 12.4. The van der Waals surface area contributed by atoms with Crippen LogP contribution < -0.4 is 15.5 Å². The van der Waals surface area contributed by atoms with Gasteiger partial charge in [0.1, 0.15) is 17.2 Å². The van der Waals surface area contributed by atoms with Crippen molar-refractivity contribution < 1.29 is 19.1 Å². The van der Waals surface area contributed by atoms with E-state index < -0.39 is 23.4 Å². The molecule has 0 radical (unpaired) electrons. The van der Waals surface area contributed by atoms with Gasteiger partial charge in [-0.15, -0.1) is 11.6 Å². The minimum Gasteiger partial charge on any atom is -0.497 e. The summed E-state index contributed by atoms with van der Waals surface area (Å²) in [5.74, 6) is -0.947. The van der Waals surface area contributed by atoms with Gasteiger partial charge < -0.3 is 10.1 Å². The monoisotopic (exact) mass is 311 g/mol. The van der Waals surface area contributed by atoms with Crippen LogP contribution in [0, 0.1) is 0 Å². The molecule has 1 fully saturated rings. The summed E-state index contributed by atoms with van der Waals surface area (Å²) in [6.45, 7) is 1.56. The van der Waals surface area contributed by atoms with Crippen molar-refractivity contribution in [3.8, 4) is 5.75 Å². The van der Waals surface area contributed by atoms with E-state index in [0.29, 0.717) is 16.3 Å². The minimum absolute atomic E-state index is 0.351. The van der Waals surface area contributed by atoms with Gasteiger partial charge in [-0.05, 0) is 24.6 Å². The Hall–Kier alpha value is -2.28. The Morgan fingerprint density at radius 3 is 2.52 bits per heavy atom. The Bertz CT molecular complexity index is 590. The first-order valence-corrected chi connectivity index (χ1v) is 6.62. The van der Waals surface area contributed by atoms with E-state index >= 15 is 0 Å². The number of nitrogens with zero attached hydrogens (tertiary/aromatic N) is 1. The van der Waals surface area contributed by atoms with Gasteiger partial charge >= 0.3 is 6.03 Å². The van der Waals surface area contributed by atoms with Crippen molar-refractivity contribution in [3.05, 3.63) is 29.8 Å². The Morgan fingerprint density at radius 2 is 2.00 bits per heavy atom. The minimum atomic E-state index is -1.26. The first-order valence-electron chi connectivity index (χ1n) is 6.09. The molecule has 1 aliphatic rings. The molecule has 1 saturated heterocycles. The summed E-state index contributed by atoms with van der Waals surface area (Å²) in [7, 11) is 1.53. The fourth-order valence-electron chi connectivity index (χ4n) is 2.02. The highest BCUT2D eigenvalue weighted by Crippen LogP contribution is 2.29. The molecule has 21 heavy (non-hydrogen) atoms. The second-order valence-corrected chi connectivity index (χ2v) is 4.86. The maximum Gasteiger partial charge on any atom is 0.344 e. The number of amides is 4. The summed E-state index contributed by atoms with van der Waals surface area (Å²) in [6.07, 6.45) is 0. The van der Waals surface area contributed by atoms with E-state index in [-0.39, 0.29) is 5.88 Å². The van der Waals surface area contributed by atoms with Crippen LogP contribution in [0.2, 0.25) is 0 Å². The average Bonchev–Trinajstić information content (AvgIpc) is 2.71. The van der Waals surface area contributed by atoms with Gasteiger partial charge in [0.2, 0.25) is 0 Å². The number of ether oxygens (including phenoxy) is 1. The number of urea groups is 1. The predicted octanol–water partition coefficient (Wildman–Crippen LogP) is 0.732. The Balaban J connectivity index is 2.28. The third kappa shape index (κ3) is 2.64. The van der Waals surface area contributed by atoms with Crippen molar-refractivity contribution in [3.63, 3.8) is 0 Å². The van der Waals surface area contributed by atoms with Crippen molar-refractivity contribution in [1.82, 2.24) is 15.8 Å². The molecule has 1 heterocycles. The van der Waals surface area contributed by atoms with Crippen LogP contribution in [0.3, 0.4) is 0 Å². The molecule has 1 atom stereocenters. The van der Waals surface area contributed by atoms with E-state index in [0.717, 1.165) is 0 Å². The van der Waals surface area contributed by atoms with Gasteiger partial charge in [0.25, 0.3) is 11.8 Å². The number of halogens is 1. The van der Waals surface area contributed by atoms with Crippen molar-refractivity contribution in [2.75, 3.05) is 13.0 Å². The molecule has 0 spiro atoms. The molecule has 2 rings (SSSR count). The molecule has 1 aliphatic heterocycles. The summed E-state index contributed by atoms with van der Waals surface area (Å²) in [6, 6.07) is 5.99. The van der Waals surface area contributed by atoms with Crippen molar-refractivity contribution in [1.29, 1.82) is 0 Å². The van der Waals surface area contributed by atoms with Crippen molar-refractivity contribution in [2.45, 2.75) is 12.5 Å². The molecule has 0 bridgehead atoms. The number of carbonyl (C=O) groups excluding carboxylic acids is 3. The van der Waals surface area contributed by atoms with Gasteiger partial charge in [-0.1, -0.05) is 12.1 Å². The van der Waals surface area contributed by atoms with Crippen LogP contribution in [0.5, 0.6) is 5.75 Å². The molecule has 112 valence electrons. The van der Waals surface area contributed by atoms with Gasteiger partial charge in [-0.2, -0.15) is 5.01 Å². The zero-order valence-electron chi connectivity index (χ0n) is 11.5. The van der Waals surface area contributed by atoms with Gasteiger partial charge in [0.15, 0.2) is 0 Å². The summed E-state index contributed by atoms with van der Waals surface area (Å²) >= 11 is 5.35. The Morgan fingerprint density at radius 1 is 1.38 bits per heavy atom. The molecule has 7 nitrogen and oxygen atoms in total. The van der Waals surface area contributed by atoms with Crippen LogP contribution in [0.15, 0.2) is 24.3 Å². The van der Waals surface area contributed by atoms with Crippen LogP contribution in [0.4, 0.5) is 4.79 Å². The number of methoxy groups -OCH3 is 1. The van der Waals surface area contributed by atoms with Crippen LogP contribution in [0.1, 0.15) is 12.5 Å². The van der Waals surface area contributed by atoms with E-state index in [4.69, 9.17) is 16.3 Å². The number of carbonyl (C=O) groups is 3. The maximum absolute atomic E-state index is 12.4. The van der Waals surface area contributed by atoms with Gasteiger partial charge in [-0.3, -0.25) is 15.0 Å². The van der Waals surface area contributed by atoms with E-state index in [9.17, 15) is 14.4 Å². The lowest BCUT2D eigenvalue weighted by Gasteiger charge is -2.22. The fraction of sp³-hybridized carbons (Fsp3) is 0.308. The number of hydrogen-bond acceptors (Lipinski definition) is 4. The van der Waals surface area contributed by atoms with Crippen LogP contribution in [-0.4, -0.2) is 35.8 Å². The number of hydrazine groups is 1. The molecule has 0 unspecified atom stereocenters.